The predicted octanol–water partition coefficient (Wildman–Crippen LogP) is 5.64. The van der Waals surface area contributed by atoms with E-state index < -0.39 is 0 Å². The summed E-state index contributed by atoms with van der Waals surface area (Å²) in [4.78, 5) is 2.69. The minimum atomic E-state index is -0.367. The van der Waals surface area contributed by atoms with Crippen molar-refractivity contribution in [1.82, 2.24) is 4.90 Å². The summed E-state index contributed by atoms with van der Waals surface area (Å²) in [7, 11) is 0. The van der Waals surface area contributed by atoms with Gasteiger partial charge in [0.1, 0.15) is 5.60 Å². The van der Waals surface area contributed by atoms with Gasteiger partial charge in [0.05, 0.1) is 11.6 Å². The fourth-order valence-corrected chi connectivity index (χ4v) is 6.51. The Kier molecular flexibility index (Phi) is 4.09. The van der Waals surface area contributed by atoms with Crippen LogP contribution in [0.5, 0.6) is 0 Å². The molecular weight excluding hydrogens is 378 g/mol. The summed E-state index contributed by atoms with van der Waals surface area (Å²) >= 11 is 0. The van der Waals surface area contributed by atoms with Gasteiger partial charge in [0.2, 0.25) is 0 Å². The van der Waals surface area contributed by atoms with E-state index in [4.69, 9.17) is 4.74 Å². The van der Waals surface area contributed by atoms with Crippen molar-refractivity contribution >= 4 is 0 Å². The van der Waals surface area contributed by atoms with Gasteiger partial charge >= 0.3 is 0 Å². The van der Waals surface area contributed by atoms with Gasteiger partial charge in [0.25, 0.3) is 0 Å². The highest BCUT2D eigenvalue weighted by atomic mass is 16.5. The maximum Gasteiger partial charge on any atom is 0.104 e. The number of nitrogens with zero attached hydrogens (tertiary/aromatic N) is 1. The van der Waals surface area contributed by atoms with E-state index >= 15 is 0 Å². The summed E-state index contributed by atoms with van der Waals surface area (Å²) in [6, 6.07) is 33.0. The molecule has 0 N–H and O–H groups in total. The second kappa shape index (κ2) is 6.66. The highest BCUT2D eigenvalue weighted by Crippen LogP contribution is 2.60. The number of fused-ring (bicyclic) bond motifs is 1. The zero-order valence-electron chi connectivity index (χ0n) is 18.2. The number of rotatable bonds is 4. The summed E-state index contributed by atoms with van der Waals surface area (Å²) in [6.07, 6.45) is 4.90. The van der Waals surface area contributed by atoms with Crippen LogP contribution in [-0.4, -0.2) is 29.7 Å². The summed E-state index contributed by atoms with van der Waals surface area (Å²) in [5, 5.41) is 0. The highest BCUT2D eigenvalue weighted by Gasteiger charge is 2.66. The molecule has 2 saturated heterocycles. The molecule has 3 heterocycles. The minimum Gasteiger partial charge on any atom is -0.361 e. The smallest absolute Gasteiger partial charge is 0.104 e. The molecule has 31 heavy (non-hydrogen) atoms. The predicted molar refractivity (Wildman–Crippen MR) is 125 cm³/mol. The van der Waals surface area contributed by atoms with Crippen molar-refractivity contribution in [3.63, 3.8) is 0 Å². The second-order valence-corrected chi connectivity index (χ2v) is 9.92. The van der Waals surface area contributed by atoms with E-state index in [0.29, 0.717) is 5.92 Å². The standard InChI is InChI=1S/C29H29NO/c1-27(2)25-20-30(21-28(25)19-18-26(27)31-28)29(22-12-6-3-7-13-22,23-14-8-4-9-15-23)24-16-10-5-11-17-24/h3-19,25-26H,20-21H2,1-2H3/t25-,26-,28-/m0/s1. The Morgan fingerprint density at radius 1 is 0.774 bits per heavy atom. The average Bonchev–Trinajstić information content (AvgIpc) is 3.47. The molecule has 2 nitrogen and oxygen atoms in total. The Morgan fingerprint density at radius 2 is 1.26 bits per heavy atom. The Morgan fingerprint density at radius 3 is 1.71 bits per heavy atom. The third-order valence-electron chi connectivity index (χ3n) is 8.01. The zero-order chi connectivity index (χ0) is 21.1. The van der Waals surface area contributed by atoms with E-state index in [0.717, 1.165) is 13.1 Å². The highest BCUT2D eigenvalue weighted by molar-refractivity contribution is 5.50. The van der Waals surface area contributed by atoms with Crippen molar-refractivity contribution in [2.24, 2.45) is 11.3 Å². The molecule has 3 aliphatic heterocycles. The Bertz CT molecular complexity index is 1010. The molecule has 3 atom stereocenters. The first-order valence-corrected chi connectivity index (χ1v) is 11.4. The lowest BCUT2D eigenvalue weighted by atomic mass is 9.68. The van der Waals surface area contributed by atoms with Gasteiger partial charge in [-0.2, -0.15) is 0 Å². The molecule has 3 aromatic carbocycles. The van der Waals surface area contributed by atoms with Crippen molar-refractivity contribution in [3.05, 3.63) is 120 Å². The molecular formula is C29H29NO. The van der Waals surface area contributed by atoms with Crippen LogP contribution >= 0.6 is 0 Å². The first-order valence-electron chi connectivity index (χ1n) is 11.4. The van der Waals surface area contributed by atoms with Gasteiger partial charge in [-0.05, 0) is 16.7 Å². The Balaban J connectivity index is 1.60. The molecule has 2 bridgehead atoms. The monoisotopic (exact) mass is 407 g/mol. The quantitative estimate of drug-likeness (QED) is 0.410. The van der Waals surface area contributed by atoms with Crippen molar-refractivity contribution in [3.8, 4) is 0 Å². The van der Waals surface area contributed by atoms with E-state index in [9.17, 15) is 0 Å². The molecule has 0 aromatic heterocycles. The van der Waals surface area contributed by atoms with Crippen molar-refractivity contribution in [2.75, 3.05) is 13.1 Å². The molecule has 3 aromatic rings. The topological polar surface area (TPSA) is 12.5 Å². The molecule has 0 amide bonds. The maximum atomic E-state index is 6.68. The fraction of sp³-hybridized carbons (Fsp3) is 0.310. The first kappa shape index (κ1) is 19.0. The molecule has 0 saturated carbocycles. The van der Waals surface area contributed by atoms with Crippen molar-refractivity contribution < 1.29 is 4.74 Å². The van der Waals surface area contributed by atoms with E-state index in [1.54, 1.807) is 0 Å². The average molecular weight is 408 g/mol. The molecule has 156 valence electrons. The van der Waals surface area contributed by atoms with Gasteiger partial charge in [-0.25, -0.2) is 0 Å². The molecule has 6 rings (SSSR count). The fourth-order valence-electron chi connectivity index (χ4n) is 6.51. The number of hydrogen-bond donors (Lipinski definition) is 0. The largest absolute Gasteiger partial charge is 0.361 e. The van der Waals surface area contributed by atoms with Crippen LogP contribution in [0.3, 0.4) is 0 Å². The second-order valence-electron chi connectivity index (χ2n) is 9.92. The molecule has 0 unspecified atom stereocenters. The van der Waals surface area contributed by atoms with Gasteiger partial charge in [-0.3, -0.25) is 4.90 Å². The van der Waals surface area contributed by atoms with Gasteiger partial charge in [0.15, 0.2) is 0 Å². The van der Waals surface area contributed by atoms with Gasteiger partial charge in [0, 0.05) is 24.4 Å². The van der Waals surface area contributed by atoms with E-state index in [-0.39, 0.29) is 22.7 Å². The van der Waals surface area contributed by atoms with Crippen LogP contribution in [0.1, 0.15) is 30.5 Å². The lowest BCUT2D eigenvalue weighted by molar-refractivity contribution is 0.00564. The molecule has 3 aliphatic rings. The van der Waals surface area contributed by atoms with E-state index in [2.05, 4.69) is 122 Å². The molecule has 1 spiro atoms. The number of likely N-dealkylation sites (tertiary alicyclic amines) is 1. The van der Waals surface area contributed by atoms with Crippen LogP contribution in [0.25, 0.3) is 0 Å². The number of benzene rings is 3. The van der Waals surface area contributed by atoms with Crippen LogP contribution in [0.15, 0.2) is 103 Å². The van der Waals surface area contributed by atoms with Crippen LogP contribution in [0, 0.1) is 11.3 Å². The third kappa shape index (κ3) is 2.52. The summed E-state index contributed by atoms with van der Waals surface area (Å²) in [5.41, 5.74) is 3.51. The van der Waals surface area contributed by atoms with Crippen LogP contribution in [-0.2, 0) is 10.3 Å². The molecule has 0 aliphatic carbocycles. The van der Waals surface area contributed by atoms with Crippen molar-refractivity contribution in [1.29, 1.82) is 0 Å². The minimum absolute atomic E-state index is 0.138. The first-order chi connectivity index (χ1) is 15.1. The van der Waals surface area contributed by atoms with Crippen LogP contribution < -0.4 is 0 Å². The van der Waals surface area contributed by atoms with E-state index in [1.807, 2.05) is 0 Å². The number of ether oxygens (including phenoxy) is 1. The summed E-state index contributed by atoms with van der Waals surface area (Å²) < 4.78 is 6.68. The Labute approximate surface area is 185 Å². The van der Waals surface area contributed by atoms with E-state index in [1.165, 1.54) is 16.7 Å². The van der Waals surface area contributed by atoms with Gasteiger partial charge in [-0.1, -0.05) is 117 Å². The zero-order valence-corrected chi connectivity index (χ0v) is 18.2. The lowest BCUT2D eigenvalue weighted by Crippen LogP contribution is -2.49. The summed E-state index contributed by atoms with van der Waals surface area (Å²) in [5.74, 6) is 0.477. The maximum absolute atomic E-state index is 6.68. The normalized spacial score (nSPS) is 28.7. The molecule has 0 radical (unpaired) electrons. The summed E-state index contributed by atoms with van der Waals surface area (Å²) in [6.45, 7) is 6.66. The SMILES string of the molecule is CC1(C)[C@@H]2C=C[C@@]3(CN(C(c4ccccc4)(c4ccccc4)c4ccccc4)C[C@@H]13)O2. The van der Waals surface area contributed by atoms with Crippen LogP contribution in [0.2, 0.25) is 0 Å². The Hall–Kier alpha value is -2.68. The van der Waals surface area contributed by atoms with Crippen molar-refractivity contribution in [2.45, 2.75) is 31.1 Å². The third-order valence-corrected chi connectivity index (χ3v) is 8.01. The number of hydrogen-bond acceptors (Lipinski definition) is 2. The lowest BCUT2D eigenvalue weighted by Gasteiger charge is -2.45. The molecule has 2 fully saturated rings. The van der Waals surface area contributed by atoms with Gasteiger partial charge in [-0.15, -0.1) is 0 Å². The van der Waals surface area contributed by atoms with Crippen LogP contribution in [0.4, 0.5) is 0 Å². The van der Waals surface area contributed by atoms with Gasteiger partial charge < -0.3 is 4.74 Å². The molecule has 2 heteroatoms.